The maximum Gasteiger partial charge on any atom is 1.00 e. The van der Waals surface area contributed by atoms with Crippen LogP contribution in [0.25, 0.3) is 0 Å². The second-order valence-electron chi connectivity index (χ2n) is 50.7. The molecule has 0 amide bonds. The fourth-order valence-corrected chi connectivity index (χ4v) is 0. The largest absolute Gasteiger partial charge is 1.00 e. The average molecular weight is 2110 g/mol. The molecule has 0 spiro atoms. The molecule has 0 N–H and O–H groups in total. The zero-order chi connectivity index (χ0) is 108. The maximum atomic E-state index is 10.1. The normalized spacial score (nSPS) is 10.0. The van der Waals surface area contributed by atoms with Gasteiger partial charge in [0.25, 0.3) is 0 Å². The molecule has 0 atom stereocenters. The Hall–Kier alpha value is 18.2. The van der Waals surface area contributed by atoms with Crippen molar-refractivity contribution >= 4 is 0 Å². The van der Waals surface area contributed by atoms with Crippen molar-refractivity contribution in [2.45, 2.75) is 633 Å². The van der Waals surface area contributed by atoms with E-state index < -0.39 is 134 Å². The van der Waals surface area contributed by atoms with Crippen molar-refractivity contribution in [2.24, 2.45) is 0 Å². The van der Waals surface area contributed by atoms with Gasteiger partial charge in [-0.05, 0) is 0 Å². The summed E-state index contributed by atoms with van der Waals surface area (Å²) < 4.78 is 0. The van der Waals surface area contributed by atoms with Gasteiger partial charge in [-0.25, -0.2) is 0 Å². The van der Waals surface area contributed by atoms with Crippen molar-refractivity contribution in [3.63, 3.8) is 0 Å². The summed E-state index contributed by atoms with van der Waals surface area (Å²) in [4.78, 5) is 0. The fraction of sp³-hybridized carbons (Fsp3) is 1.00. The molecule has 48 heteroatoms. The Morgan fingerprint density at radius 1 is 0.0556 bits per heavy atom. The first-order valence-corrected chi connectivity index (χ1v) is 40.9. The van der Waals surface area contributed by atoms with Crippen LogP contribution in [0.1, 0.15) is 499 Å². The first-order chi connectivity index (χ1) is 48.0. The molecular weight excluding hydrogens is 1900 g/mol. The van der Waals surface area contributed by atoms with E-state index in [2.05, 4.69) is 0 Å². The van der Waals surface area contributed by atoms with Crippen molar-refractivity contribution in [2.75, 3.05) is 0 Å². The SMILES string of the molecule is CC(C)(C)[O-].CC(C)(C)[O-].CC(C)(C)[O-].CC(C)(C)[O-].CC(C)(C)[O-].CC(C)(C)[O-].CC(C)(C)[O-].CC(C)(C)[O-].CC(C)(C)[O-].CC(C)(C)[O-].CC(C)(C)[O-].CC(C)(C)[O-].CC(C)(C)[O-].CC(C)(C)[O-].CC(C)(C)[O-].CC(C)(C)[O-].CC(C)(C)[O-].CC(C)(C)[O-].CC(C)(C)[O-].CC(C)(C)[O-].CC(C)(C)[O-].CC(C)(C)[O-].CC(C)(C)[O-].CC(C)(C)[O-].[Li+].[Li+].[Li+].[Li+].[Li+].[Li+].[Li+].[Li+].[Li+].[Li+].[Li+].[Li+].[Na+].[Na+].[Na+].[Na+].[Na+].[Na+].[Na+].[Na+].[Na+].[Na+].[Na+].[Na+]. The van der Waals surface area contributed by atoms with E-state index in [1.165, 1.54) is 0 Å². The monoisotopic (exact) mass is 2110 g/mol. The smallest absolute Gasteiger partial charge is 0.850 e. The van der Waals surface area contributed by atoms with Gasteiger partial charge in [0.1, 0.15) is 0 Å². The van der Waals surface area contributed by atoms with Crippen LogP contribution >= 0.6 is 0 Å². The molecule has 768 valence electrons. The van der Waals surface area contributed by atoms with Crippen molar-refractivity contribution in [1.82, 2.24) is 0 Å². The molecule has 0 fully saturated rings. The van der Waals surface area contributed by atoms with Crippen LogP contribution in [0, 0.1) is 0 Å². The molecule has 0 aromatic carbocycles. The molecule has 0 saturated heterocycles. The van der Waals surface area contributed by atoms with E-state index in [1.54, 1.807) is 499 Å². The van der Waals surface area contributed by atoms with E-state index in [-0.39, 0.29) is 581 Å². The molecule has 24 nitrogen and oxygen atoms in total. The predicted octanol–water partition coefficient (Wildman–Crippen LogP) is -68.4. The van der Waals surface area contributed by atoms with Crippen molar-refractivity contribution in [1.29, 1.82) is 0 Å². The Kier molecular flexibility index (Phi) is 353. The molecule has 0 saturated carbocycles. The van der Waals surface area contributed by atoms with Crippen LogP contribution in [-0.4, -0.2) is 134 Å². The molecular formula is C96H216Li12Na12O24. The fourth-order valence-electron chi connectivity index (χ4n) is 0. The number of hydrogen-bond acceptors (Lipinski definition) is 24. The Morgan fingerprint density at radius 3 is 0.0556 bits per heavy atom. The van der Waals surface area contributed by atoms with Crippen LogP contribution in [0.15, 0.2) is 0 Å². The van der Waals surface area contributed by atoms with Crippen LogP contribution in [-0.2, 0) is 0 Å². The van der Waals surface area contributed by atoms with Gasteiger partial charge in [-0.15, -0.1) is 134 Å². The van der Waals surface area contributed by atoms with Crippen LogP contribution in [0.5, 0.6) is 0 Å². The molecule has 0 aromatic heterocycles. The molecule has 0 aliphatic carbocycles. The molecule has 0 heterocycles. The minimum atomic E-state index is -0.750. The summed E-state index contributed by atoms with van der Waals surface area (Å²) in [5, 5.41) is 242. The Balaban J connectivity index is -0.0000000144. The molecule has 0 rings (SSSR count). The quantitative estimate of drug-likeness (QED) is 0.203. The van der Waals surface area contributed by atoms with Crippen LogP contribution in [0.4, 0.5) is 0 Å². The second kappa shape index (κ2) is 157. The molecule has 0 unspecified atom stereocenters. The summed E-state index contributed by atoms with van der Waals surface area (Å²) in [7, 11) is 0. The van der Waals surface area contributed by atoms with Crippen LogP contribution in [0.3, 0.4) is 0 Å². The Bertz CT molecular complexity index is 1240. The first kappa shape index (κ1) is 323. The summed E-state index contributed by atoms with van der Waals surface area (Å²) in [6.45, 7) is 117. The molecule has 0 radical (unpaired) electrons. The van der Waals surface area contributed by atoms with Crippen LogP contribution < -0.4 is 704 Å². The number of rotatable bonds is 0. The van der Waals surface area contributed by atoms with Gasteiger partial charge < -0.3 is 123 Å². The third kappa shape index (κ3) is 12200. The summed E-state index contributed by atoms with van der Waals surface area (Å²) in [6.07, 6.45) is 0. The molecule has 0 aliphatic heterocycles. The van der Waals surface area contributed by atoms with E-state index in [0.717, 1.165) is 0 Å². The van der Waals surface area contributed by atoms with Gasteiger partial charge in [0.15, 0.2) is 0 Å². The average Bonchev–Trinajstić information content (AvgIpc) is 3.00. The third-order valence-electron chi connectivity index (χ3n) is 0. The molecule has 0 aliphatic rings. The van der Waals surface area contributed by atoms with E-state index >= 15 is 0 Å². The topological polar surface area (TPSA) is 553 Å². The zero-order valence-corrected chi connectivity index (χ0v) is 142. The summed E-state index contributed by atoms with van der Waals surface area (Å²) >= 11 is 0. The van der Waals surface area contributed by atoms with Crippen molar-refractivity contribution in [3.8, 4) is 0 Å². The maximum absolute atomic E-state index is 10.1. The van der Waals surface area contributed by atoms with E-state index in [0.29, 0.717) is 0 Å². The first-order valence-electron chi connectivity index (χ1n) is 40.9. The van der Waals surface area contributed by atoms with Gasteiger partial charge in [0, 0.05) is 0 Å². The van der Waals surface area contributed by atoms with Gasteiger partial charge >= 0.3 is 581 Å². The summed E-state index contributed by atoms with van der Waals surface area (Å²) in [5.74, 6) is 0. The van der Waals surface area contributed by atoms with Gasteiger partial charge in [0.2, 0.25) is 0 Å². The standard InChI is InChI=1S/24C4H9O.12Li.12Na/c24*1-4(2,3)5;;;;;;;;;;;;;;;;;;;;;;;;/h24*1-3H3;;;;;;;;;;;;;;;;;;;;;;;;/q24*-1;24*+1. The molecule has 0 bridgehead atoms. The van der Waals surface area contributed by atoms with Gasteiger partial charge in [-0.1, -0.05) is 499 Å². The minimum Gasteiger partial charge on any atom is -0.850 e. The zero-order valence-electron chi connectivity index (χ0n) is 118. The van der Waals surface area contributed by atoms with E-state index in [1.807, 2.05) is 0 Å². The Morgan fingerprint density at radius 2 is 0.0556 bits per heavy atom. The third-order valence-corrected chi connectivity index (χ3v) is 0. The van der Waals surface area contributed by atoms with Gasteiger partial charge in [-0.2, -0.15) is 0 Å². The Labute approximate surface area is 1310 Å². The summed E-state index contributed by atoms with van der Waals surface area (Å²) in [6, 6.07) is 0. The van der Waals surface area contributed by atoms with Gasteiger partial charge in [-0.3, -0.25) is 0 Å². The van der Waals surface area contributed by atoms with Crippen LogP contribution in [0.2, 0.25) is 0 Å². The summed E-state index contributed by atoms with van der Waals surface area (Å²) in [5.41, 5.74) is -18.0. The second-order valence-corrected chi connectivity index (χ2v) is 50.7. The van der Waals surface area contributed by atoms with Gasteiger partial charge in [0.05, 0.1) is 0 Å². The van der Waals surface area contributed by atoms with E-state index in [4.69, 9.17) is 0 Å². The molecule has 144 heavy (non-hydrogen) atoms. The van der Waals surface area contributed by atoms with Crippen molar-refractivity contribution in [3.05, 3.63) is 0 Å². The predicted molar refractivity (Wildman–Crippen MR) is 474 cm³/mol. The molecule has 0 aromatic rings. The minimum absolute atomic E-state index is 0. The van der Waals surface area contributed by atoms with E-state index in [9.17, 15) is 123 Å². The van der Waals surface area contributed by atoms with Crippen molar-refractivity contribution < 1.29 is 704 Å². The number of hydrogen-bond donors (Lipinski definition) is 0.